The van der Waals surface area contributed by atoms with E-state index in [2.05, 4.69) is 0 Å². The van der Waals surface area contributed by atoms with Crippen molar-refractivity contribution in [1.29, 1.82) is 0 Å². The summed E-state index contributed by atoms with van der Waals surface area (Å²) in [4.78, 5) is 14.0. The molecule has 1 amide bonds. The van der Waals surface area contributed by atoms with E-state index in [9.17, 15) is 13.2 Å². The number of carbonyl (C=O) groups is 1. The van der Waals surface area contributed by atoms with Crippen molar-refractivity contribution in [3.05, 3.63) is 35.4 Å². The highest BCUT2D eigenvalue weighted by Crippen LogP contribution is 2.18. The second-order valence-electron chi connectivity index (χ2n) is 5.58. The van der Waals surface area contributed by atoms with Gasteiger partial charge in [0.2, 0.25) is 5.91 Å². The Morgan fingerprint density at radius 3 is 2.50 bits per heavy atom. The van der Waals surface area contributed by atoms with E-state index in [0.717, 1.165) is 11.1 Å². The topological polar surface area (TPSA) is 54.5 Å². The molecular weight excluding hydrogens is 274 g/mol. The third-order valence-electron chi connectivity index (χ3n) is 3.84. The lowest BCUT2D eigenvalue weighted by Crippen LogP contribution is -2.42. The molecule has 20 heavy (non-hydrogen) atoms. The van der Waals surface area contributed by atoms with Gasteiger partial charge in [-0.1, -0.05) is 29.8 Å². The van der Waals surface area contributed by atoms with Crippen LogP contribution in [0.5, 0.6) is 0 Å². The minimum atomic E-state index is -2.98. The Labute approximate surface area is 120 Å². The molecule has 1 heterocycles. The molecular formula is C15H21NO3S. The molecule has 0 atom stereocenters. The molecule has 0 aliphatic carbocycles. The van der Waals surface area contributed by atoms with Crippen molar-refractivity contribution in [2.24, 2.45) is 0 Å². The number of likely N-dealkylation sites (tertiary alicyclic amines) is 1. The van der Waals surface area contributed by atoms with Gasteiger partial charge in [-0.15, -0.1) is 0 Å². The monoisotopic (exact) mass is 295 g/mol. The number of benzene rings is 1. The fraction of sp³-hybridized carbons (Fsp3) is 0.533. The zero-order valence-electron chi connectivity index (χ0n) is 12.0. The van der Waals surface area contributed by atoms with E-state index in [1.807, 2.05) is 31.2 Å². The fourth-order valence-corrected chi connectivity index (χ4v) is 3.71. The van der Waals surface area contributed by atoms with Crippen LogP contribution < -0.4 is 0 Å². The molecule has 0 aromatic heterocycles. The molecule has 1 saturated heterocycles. The van der Waals surface area contributed by atoms with Gasteiger partial charge in [-0.05, 0) is 25.3 Å². The number of hydrogen-bond acceptors (Lipinski definition) is 3. The maximum Gasteiger partial charge on any atom is 0.226 e. The van der Waals surface area contributed by atoms with Crippen LogP contribution in [0.25, 0.3) is 0 Å². The molecule has 0 N–H and O–H groups in total. The fourth-order valence-electron chi connectivity index (χ4n) is 2.64. The molecule has 0 spiro atoms. The van der Waals surface area contributed by atoms with E-state index in [0.29, 0.717) is 32.4 Å². The number of rotatable bonds is 3. The number of hydrogen-bond donors (Lipinski definition) is 0. The Hall–Kier alpha value is -1.36. The Morgan fingerprint density at radius 1 is 1.30 bits per heavy atom. The van der Waals surface area contributed by atoms with Gasteiger partial charge in [-0.25, -0.2) is 8.42 Å². The smallest absolute Gasteiger partial charge is 0.226 e. The van der Waals surface area contributed by atoms with Crippen LogP contribution in [0.4, 0.5) is 0 Å². The van der Waals surface area contributed by atoms with Crippen molar-refractivity contribution >= 4 is 15.7 Å². The summed E-state index contributed by atoms with van der Waals surface area (Å²) < 4.78 is 23.0. The van der Waals surface area contributed by atoms with Gasteiger partial charge in [0.15, 0.2) is 0 Å². The van der Waals surface area contributed by atoms with Gasteiger partial charge in [-0.3, -0.25) is 4.79 Å². The summed E-state index contributed by atoms with van der Waals surface area (Å²) in [7, 11) is -2.98. The molecule has 0 unspecified atom stereocenters. The highest BCUT2D eigenvalue weighted by atomic mass is 32.2. The highest BCUT2D eigenvalue weighted by Gasteiger charge is 2.28. The van der Waals surface area contributed by atoms with Crippen LogP contribution in [0.1, 0.15) is 24.0 Å². The van der Waals surface area contributed by atoms with Crippen LogP contribution in [0.2, 0.25) is 0 Å². The molecule has 1 aromatic rings. The van der Waals surface area contributed by atoms with Crippen LogP contribution in [0.3, 0.4) is 0 Å². The highest BCUT2D eigenvalue weighted by molar-refractivity contribution is 7.91. The normalized spacial score (nSPS) is 17.2. The third kappa shape index (κ3) is 3.82. The zero-order chi connectivity index (χ0) is 14.8. The molecule has 4 nitrogen and oxygen atoms in total. The lowest BCUT2D eigenvalue weighted by molar-refractivity contribution is -0.131. The van der Waals surface area contributed by atoms with Gasteiger partial charge in [0.25, 0.3) is 0 Å². The summed E-state index contributed by atoms with van der Waals surface area (Å²) in [5, 5.41) is -0.287. The molecule has 1 aliphatic rings. The SMILES string of the molecule is Cc1cccc(CC(=O)N2CCC(S(C)(=O)=O)CC2)c1. The number of aryl methyl sites for hydroxylation is 1. The Morgan fingerprint density at radius 2 is 1.95 bits per heavy atom. The molecule has 0 radical (unpaired) electrons. The quantitative estimate of drug-likeness (QED) is 0.850. The number of carbonyl (C=O) groups excluding carboxylic acids is 1. The maximum absolute atomic E-state index is 12.2. The number of amides is 1. The van der Waals surface area contributed by atoms with Crippen molar-refractivity contribution < 1.29 is 13.2 Å². The summed E-state index contributed by atoms with van der Waals surface area (Å²) in [5.74, 6) is 0.0857. The summed E-state index contributed by atoms with van der Waals surface area (Å²) in [5.41, 5.74) is 2.16. The van der Waals surface area contributed by atoms with Gasteiger partial charge < -0.3 is 4.90 Å². The zero-order valence-corrected chi connectivity index (χ0v) is 12.8. The number of piperidine rings is 1. The van der Waals surface area contributed by atoms with Gasteiger partial charge >= 0.3 is 0 Å². The van der Waals surface area contributed by atoms with E-state index in [1.54, 1.807) is 4.90 Å². The average Bonchev–Trinajstić information content (AvgIpc) is 2.38. The molecule has 2 rings (SSSR count). The number of sulfone groups is 1. The molecule has 110 valence electrons. The van der Waals surface area contributed by atoms with Crippen molar-refractivity contribution in [2.75, 3.05) is 19.3 Å². The average molecular weight is 295 g/mol. The van der Waals surface area contributed by atoms with Crippen molar-refractivity contribution in [1.82, 2.24) is 4.90 Å². The molecule has 1 fully saturated rings. The minimum absolute atomic E-state index is 0.0857. The largest absolute Gasteiger partial charge is 0.342 e. The second kappa shape index (κ2) is 5.95. The first kappa shape index (κ1) is 15.0. The maximum atomic E-state index is 12.2. The van der Waals surface area contributed by atoms with Gasteiger partial charge in [0.05, 0.1) is 11.7 Å². The minimum Gasteiger partial charge on any atom is -0.342 e. The lowest BCUT2D eigenvalue weighted by atomic mass is 10.1. The van der Waals surface area contributed by atoms with Crippen molar-refractivity contribution in [2.45, 2.75) is 31.4 Å². The standard InChI is InChI=1S/C15H21NO3S/c1-12-4-3-5-13(10-12)11-15(17)16-8-6-14(7-9-16)20(2,18)19/h3-5,10,14H,6-9,11H2,1-2H3. The lowest BCUT2D eigenvalue weighted by Gasteiger charge is -2.31. The van der Waals surface area contributed by atoms with Crippen LogP contribution in [0, 0.1) is 6.92 Å². The molecule has 0 saturated carbocycles. The van der Waals surface area contributed by atoms with E-state index in [-0.39, 0.29) is 11.2 Å². The first-order chi connectivity index (χ1) is 9.36. The summed E-state index contributed by atoms with van der Waals surface area (Å²) in [6, 6.07) is 7.93. The van der Waals surface area contributed by atoms with Crippen LogP contribution in [-0.2, 0) is 21.1 Å². The second-order valence-corrected chi connectivity index (χ2v) is 7.90. The van der Waals surface area contributed by atoms with Gasteiger partial charge in [0, 0.05) is 19.3 Å². The van der Waals surface area contributed by atoms with E-state index < -0.39 is 9.84 Å². The Balaban J connectivity index is 1.92. The Kier molecular flexibility index (Phi) is 4.48. The van der Waals surface area contributed by atoms with E-state index >= 15 is 0 Å². The summed E-state index contributed by atoms with van der Waals surface area (Å²) >= 11 is 0. The Bertz CT molecular complexity index is 587. The van der Waals surface area contributed by atoms with Gasteiger partial charge in [0.1, 0.15) is 9.84 Å². The van der Waals surface area contributed by atoms with Crippen molar-refractivity contribution in [3.63, 3.8) is 0 Å². The van der Waals surface area contributed by atoms with Crippen LogP contribution in [0.15, 0.2) is 24.3 Å². The van der Waals surface area contributed by atoms with Gasteiger partial charge in [-0.2, -0.15) is 0 Å². The van der Waals surface area contributed by atoms with E-state index in [4.69, 9.17) is 0 Å². The van der Waals surface area contributed by atoms with Crippen molar-refractivity contribution in [3.8, 4) is 0 Å². The molecule has 1 aliphatic heterocycles. The molecule has 1 aromatic carbocycles. The molecule has 5 heteroatoms. The van der Waals surface area contributed by atoms with E-state index in [1.165, 1.54) is 6.26 Å². The first-order valence-corrected chi connectivity index (χ1v) is 8.84. The predicted octanol–water partition coefficient (Wildman–Crippen LogP) is 1.57. The van der Waals surface area contributed by atoms with Crippen LogP contribution in [-0.4, -0.2) is 43.8 Å². The van der Waals surface area contributed by atoms with Crippen LogP contribution >= 0.6 is 0 Å². The summed E-state index contributed by atoms with van der Waals surface area (Å²) in [6.45, 7) is 3.09. The molecule has 0 bridgehead atoms. The summed E-state index contributed by atoms with van der Waals surface area (Å²) in [6.07, 6.45) is 2.78. The predicted molar refractivity (Wildman–Crippen MR) is 79.3 cm³/mol. The third-order valence-corrected chi connectivity index (χ3v) is 5.52. The first-order valence-electron chi connectivity index (χ1n) is 6.88. The number of nitrogens with zero attached hydrogens (tertiary/aromatic N) is 1.